The zero-order chi connectivity index (χ0) is 21.4. The second-order valence-electron chi connectivity index (χ2n) is 8.20. The number of para-hydroxylation sites is 1. The number of oxazole rings is 1. The summed E-state index contributed by atoms with van der Waals surface area (Å²) in [6.45, 7) is 4.01. The molecular weight excluding hydrogens is 406 g/mol. The van der Waals surface area contributed by atoms with E-state index in [9.17, 15) is 4.79 Å². The Morgan fingerprint density at radius 3 is 2.55 bits per heavy atom. The monoisotopic (exact) mass is 431 g/mol. The molecular formula is C25H25N3O2S. The Balaban J connectivity index is 1.48. The number of thioether (sulfide) groups is 1. The number of benzene rings is 2. The molecule has 0 saturated heterocycles. The molecule has 6 heteroatoms. The summed E-state index contributed by atoms with van der Waals surface area (Å²) in [6, 6.07) is 16.0. The van der Waals surface area contributed by atoms with E-state index < -0.39 is 0 Å². The largest absolute Gasteiger partial charge is 0.441 e. The average molecular weight is 432 g/mol. The summed E-state index contributed by atoms with van der Waals surface area (Å²) < 4.78 is 7.87. The lowest BCUT2D eigenvalue weighted by Crippen LogP contribution is -2.26. The Kier molecular flexibility index (Phi) is 5.40. The lowest BCUT2D eigenvalue weighted by atomic mass is 10.1. The van der Waals surface area contributed by atoms with Crippen LogP contribution in [0.3, 0.4) is 0 Å². The minimum absolute atomic E-state index is 0.0669. The molecule has 1 saturated carbocycles. The zero-order valence-corrected chi connectivity index (χ0v) is 18.6. The van der Waals surface area contributed by atoms with Gasteiger partial charge in [-0.3, -0.25) is 9.36 Å². The van der Waals surface area contributed by atoms with Gasteiger partial charge in [-0.15, -0.1) is 0 Å². The Morgan fingerprint density at radius 2 is 1.77 bits per heavy atom. The summed E-state index contributed by atoms with van der Waals surface area (Å²) >= 11 is 1.57. The molecule has 1 aliphatic carbocycles. The molecule has 0 amide bonds. The van der Waals surface area contributed by atoms with Crippen molar-refractivity contribution >= 4 is 22.7 Å². The maximum absolute atomic E-state index is 13.3. The molecule has 4 aromatic rings. The number of rotatable bonds is 5. The third-order valence-electron chi connectivity index (χ3n) is 5.99. The van der Waals surface area contributed by atoms with Crippen LogP contribution in [0, 0.1) is 13.8 Å². The summed E-state index contributed by atoms with van der Waals surface area (Å²) in [5.41, 5.74) is 3.88. The minimum Gasteiger partial charge on any atom is -0.441 e. The topological polar surface area (TPSA) is 60.9 Å². The summed E-state index contributed by atoms with van der Waals surface area (Å²) in [4.78, 5) is 22.9. The normalized spacial score (nSPS) is 14.5. The molecule has 158 valence electrons. The molecule has 0 unspecified atom stereocenters. The number of aryl methyl sites for hydroxylation is 2. The van der Waals surface area contributed by atoms with Crippen LogP contribution in [-0.4, -0.2) is 14.5 Å². The first kappa shape index (κ1) is 20.1. The molecule has 2 heterocycles. The van der Waals surface area contributed by atoms with Crippen LogP contribution < -0.4 is 5.56 Å². The Labute approximate surface area is 185 Å². The van der Waals surface area contributed by atoms with Gasteiger partial charge in [-0.2, -0.15) is 0 Å². The molecule has 0 atom stereocenters. The van der Waals surface area contributed by atoms with Crippen molar-refractivity contribution in [3.63, 3.8) is 0 Å². The van der Waals surface area contributed by atoms with Gasteiger partial charge in [-0.05, 0) is 51.0 Å². The molecule has 0 N–H and O–H groups in total. The van der Waals surface area contributed by atoms with Crippen LogP contribution >= 0.6 is 11.8 Å². The van der Waals surface area contributed by atoms with Gasteiger partial charge in [-0.25, -0.2) is 9.97 Å². The highest BCUT2D eigenvalue weighted by molar-refractivity contribution is 7.98. The predicted molar refractivity (Wildman–Crippen MR) is 124 cm³/mol. The van der Waals surface area contributed by atoms with E-state index in [1.165, 1.54) is 5.56 Å². The molecule has 31 heavy (non-hydrogen) atoms. The van der Waals surface area contributed by atoms with E-state index in [1.807, 2.05) is 47.9 Å². The molecule has 2 aromatic carbocycles. The molecule has 0 aliphatic heterocycles. The van der Waals surface area contributed by atoms with Gasteiger partial charge in [0.2, 0.25) is 5.89 Å². The SMILES string of the molecule is Cc1ccc(-c2nc(CSc3nc4ccccc4c(=O)n3C3CCCC3)c(C)o2)cc1. The fraction of sp³-hybridized carbons (Fsp3) is 0.320. The van der Waals surface area contributed by atoms with Crippen molar-refractivity contribution in [1.29, 1.82) is 0 Å². The first-order valence-corrected chi connectivity index (χ1v) is 11.8. The Morgan fingerprint density at radius 1 is 1.03 bits per heavy atom. The highest BCUT2D eigenvalue weighted by Crippen LogP contribution is 2.33. The van der Waals surface area contributed by atoms with Crippen LogP contribution in [0.15, 0.2) is 62.9 Å². The van der Waals surface area contributed by atoms with Crippen molar-refractivity contribution in [3.8, 4) is 11.5 Å². The smallest absolute Gasteiger partial charge is 0.262 e. The average Bonchev–Trinajstić information content (AvgIpc) is 3.43. The van der Waals surface area contributed by atoms with Gasteiger partial charge >= 0.3 is 0 Å². The molecule has 1 fully saturated rings. The van der Waals surface area contributed by atoms with Crippen molar-refractivity contribution in [2.75, 3.05) is 0 Å². The summed E-state index contributed by atoms with van der Waals surface area (Å²) in [7, 11) is 0. The quantitative estimate of drug-likeness (QED) is 0.283. The van der Waals surface area contributed by atoms with E-state index in [0.717, 1.165) is 53.4 Å². The van der Waals surface area contributed by atoms with Crippen molar-refractivity contribution in [2.45, 2.75) is 56.5 Å². The molecule has 0 radical (unpaired) electrons. The molecule has 0 bridgehead atoms. The van der Waals surface area contributed by atoms with Crippen molar-refractivity contribution in [2.24, 2.45) is 0 Å². The van der Waals surface area contributed by atoms with Crippen molar-refractivity contribution in [3.05, 3.63) is 75.9 Å². The Bertz CT molecular complexity index is 1280. The van der Waals surface area contributed by atoms with Crippen LogP contribution in [0.25, 0.3) is 22.4 Å². The Hall–Kier alpha value is -2.86. The van der Waals surface area contributed by atoms with Gasteiger partial charge < -0.3 is 4.42 Å². The molecule has 1 aliphatic rings. The van der Waals surface area contributed by atoms with E-state index >= 15 is 0 Å². The summed E-state index contributed by atoms with van der Waals surface area (Å²) in [6.07, 6.45) is 4.40. The number of aromatic nitrogens is 3. The maximum atomic E-state index is 13.3. The van der Waals surface area contributed by atoms with E-state index in [4.69, 9.17) is 14.4 Å². The van der Waals surface area contributed by atoms with Crippen molar-refractivity contribution in [1.82, 2.24) is 14.5 Å². The second-order valence-corrected chi connectivity index (χ2v) is 9.14. The van der Waals surface area contributed by atoms with Gasteiger partial charge in [0.05, 0.1) is 16.6 Å². The molecule has 0 spiro atoms. The van der Waals surface area contributed by atoms with Gasteiger partial charge in [0.15, 0.2) is 5.16 Å². The predicted octanol–water partition coefficient (Wildman–Crippen LogP) is 6.08. The molecule has 5 nitrogen and oxygen atoms in total. The third kappa shape index (κ3) is 3.92. The summed E-state index contributed by atoms with van der Waals surface area (Å²) in [5, 5.41) is 1.47. The highest BCUT2D eigenvalue weighted by Gasteiger charge is 2.23. The van der Waals surface area contributed by atoms with Crippen LogP contribution in [-0.2, 0) is 5.75 Å². The van der Waals surface area contributed by atoms with E-state index in [-0.39, 0.29) is 11.6 Å². The summed E-state index contributed by atoms with van der Waals surface area (Å²) in [5.74, 6) is 2.05. The maximum Gasteiger partial charge on any atom is 0.262 e. The first-order chi connectivity index (χ1) is 15.1. The van der Waals surface area contributed by atoms with E-state index in [1.54, 1.807) is 11.8 Å². The fourth-order valence-electron chi connectivity index (χ4n) is 4.23. The highest BCUT2D eigenvalue weighted by atomic mass is 32.2. The van der Waals surface area contributed by atoms with Gasteiger partial charge in [0.1, 0.15) is 5.76 Å². The van der Waals surface area contributed by atoms with Crippen LogP contribution in [0.5, 0.6) is 0 Å². The van der Waals surface area contributed by atoms with E-state index in [0.29, 0.717) is 17.0 Å². The first-order valence-electron chi connectivity index (χ1n) is 10.8. The standard InChI is InChI=1S/C25H25N3O2S/c1-16-11-13-18(14-12-16)23-26-22(17(2)30-23)15-31-25-27-21-10-6-5-9-20(21)24(29)28(25)19-7-3-4-8-19/h5-6,9-14,19H,3-4,7-8,15H2,1-2H3. The molecule has 5 rings (SSSR count). The number of fused-ring (bicyclic) bond motifs is 1. The number of nitrogens with zero attached hydrogens (tertiary/aromatic N) is 3. The van der Waals surface area contributed by atoms with Crippen LogP contribution in [0.2, 0.25) is 0 Å². The molecule has 2 aromatic heterocycles. The van der Waals surface area contributed by atoms with Crippen molar-refractivity contribution < 1.29 is 4.42 Å². The van der Waals surface area contributed by atoms with Crippen LogP contribution in [0.1, 0.15) is 48.7 Å². The lowest BCUT2D eigenvalue weighted by Gasteiger charge is -2.18. The van der Waals surface area contributed by atoms with Crippen LogP contribution in [0.4, 0.5) is 0 Å². The van der Waals surface area contributed by atoms with Gasteiger partial charge in [-0.1, -0.05) is 54.4 Å². The van der Waals surface area contributed by atoms with E-state index in [2.05, 4.69) is 19.1 Å². The van der Waals surface area contributed by atoms with Gasteiger partial charge in [0.25, 0.3) is 5.56 Å². The fourth-order valence-corrected chi connectivity index (χ4v) is 5.29. The minimum atomic E-state index is 0.0669. The number of hydrogen-bond acceptors (Lipinski definition) is 5. The van der Waals surface area contributed by atoms with Gasteiger partial charge in [0, 0.05) is 17.4 Å². The zero-order valence-electron chi connectivity index (χ0n) is 17.8. The third-order valence-corrected chi connectivity index (χ3v) is 6.96. The number of hydrogen-bond donors (Lipinski definition) is 0. The second kappa shape index (κ2) is 8.35. The lowest BCUT2D eigenvalue weighted by molar-refractivity contribution is 0.457.